The maximum atomic E-state index is 4.93. The van der Waals surface area contributed by atoms with Gasteiger partial charge in [-0.2, -0.15) is 22.3 Å². The second-order valence-corrected chi connectivity index (χ2v) is 10.2. The quantitative estimate of drug-likeness (QED) is 0.365. The molecule has 0 N–H and O–H groups in total. The number of halogens is 2. The molecule has 2 aliphatic carbocycles. The maximum absolute atomic E-state index is 4.93. The molecule has 0 spiro atoms. The van der Waals surface area contributed by atoms with Gasteiger partial charge in [0.15, 0.2) is 0 Å². The van der Waals surface area contributed by atoms with Crippen LogP contribution in [0.5, 0.6) is 0 Å². The molecular weight excluding hydrogens is 390 g/mol. The van der Waals surface area contributed by atoms with Gasteiger partial charge in [0.2, 0.25) is 0 Å². The van der Waals surface area contributed by atoms with Gasteiger partial charge in [-0.05, 0) is 0 Å². The first-order valence-corrected chi connectivity index (χ1v) is 13.9. The Bertz CT molecular complexity index is 520. The van der Waals surface area contributed by atoms with Crippen molar-refractivity contribution in [2.45, 2.75) is 62.3 Å². The molecule has 0 aliphatic heterocycles. The summed E-state index contributed by atoms with van der Waals surface area (Å²) >= 11 is -0.826. The Balaban J connectivity index is 0.000000342. The van der Waals surface area contributed by atoms with Crippen LogP contribution in [0.25, 0.3) is 0 Å². The van der Waals surface area contributed by atoms with Gasteiger partial charge in [0.1, 0.15) is 0 Å². The van der Waals surface area contributed by atoms with E-state index in [1.54, 1.807) is 0 Å². The van der Waals surface area contributed by atoms with Gasteiger partial charge in [0.25, 0.3) is 0 Å². The molecule has 0 saturated heterocycles. The Morgan fingerprint density at radius 1 is 0.909 bits per heavy atom. The first-order valence-electron chi connectivity index (χ1n) is 7.53. The number of hydrogen-bond acceptors (Lipinski definition) is 0. The minimum atomic E-state index is -0.826. The van der Waals surface area contributed by atoms with Crippen molar-refractivity contribution in [2.24, 2.45) is 11.3 Å². The zero-order valence-corrected chi connectivity index (χ0v) is 19.3. The Labute approximate surface area is 156 Å². The molecule has 2 aliphatic rings. The minimum absolute atomic E-state index is 0.189. The van der Waals surface area contributed by atoms with Crippen LogP contribution in [0.4, 0.5) is 0 Å². The summed E-state index contributed by atoms with van der Waals surface area (Å²) in [5.41, 5.74) is 8.64. The van der Waals surface area contributed by atoms with E-state index in [0.717, 1.165) is 0 Å². The molecule has 0 aromatic rings. The van der Waals surface area contributed by atoms with E-state index in [2.05, 4.69) is 74.5 Å². The fourth-order valence-corrected chi connectivity index (χ4v) is 2.57. The second kappa shape index (κ2) is 9.65. The molecule has 1 atom stereocenters. The van der Waals surface area contributed by atoms with E-state index >= 15 is 0 Å². The van der Waals surface area contributed by atoms with E-state index in [9.17, 15) is 0 Å². The van der Waals surface area contributed by atoms with Crippen LogP contribution in [-0.2, 0) is 20.8 Å². The molecule has 0 amide bonds. The normalized spacial score (nSPS) is 22.2. The van der Waals surface area contributed by atoms with Crippen LogP contribution in [0, 0.1) is 23.5 Å². The van der Waals surface area contributed by atoms with Crippen LogP contribution in [-0.4, -0.2) is 0 Å². The molecule has 0 aromatic heterocycles. The van der Waals surface area contributed by atoms with Crippen molar-refractivity contribution in [3.05, 3.63) is 45.6 Å². The molecule has 0 aromatic carbocycles. The molecule has 0 saturated carbocycles. The predicted octanol–water partition coefficient (Wildman–Crippen LogP) is 7.21. The summed E-state index contributed by atoms with van der Waals surface area (Å²) in [6, 6.07) is 0. The summed E-state index contributed by atoms with van der Waals surface area (Å²) < 4.78 is 0. The van der Waals surface area contributed by atoms with Crippen molar-refractivity contribution in [3.8, 4) is 0 Å². The van der Waals surface area contributed by atoms with Gasteiger partial charge in [0, 0.05) is 0 Å². The van der Waals surface area contributed by atoms with Crippen molar-refractivity contribution in [2.75, 3.05) is 0 Å². The monoisotopic (exact) mass is 416 g/mol. The summed E-state index contributed by atoms with van der Waals surface area (Å²) in [6.45, 7) is 19.6. The van der Waals surface area contributed by atoms with Gasteiger partial charge >= 0.3 is 37.9 Å². The van der Waals surface area contributed by atoms with Gasteiger partial charge in [-0.25, -0.2) is 11.1 Å². The number of rotatable bonds is 0. The predicted molar refractivity (Wildman–Crippen MR) is 96.3 cm³/mol. The van der Waals surface area contributed by atoms with Crippen LogP contribution >= 0.6 is 17.0 Å². The molecule has 122 valence electrons. The molecule has 0 heterocycles. The van der Waals surface area contributed by atoms with Gasteiger partial charge in [-0.1, -0.05) is 59.8 Å². The van der Waals surface area contributed by atoms with Gasteiger partial charge in [-0.3, -0.25) is 12.2 Å². The molecule has 0 bridgehead atoms. The Morgan fingerprint density at radius 2 is 1.36 bits per heavy atom. The molecular formula is C19H28Cl2Zr. The average Bonchev–Trinajstić information content (AvgIpc) is 2.74. The molecule has 1 unspecified atom stereocenters. The first-order chi connectivity index (χ1) is 9.99. The van der Waals surface area contributed by atoms with E-state index in [-0.39, 0.29) is 5.41 Å². The summed E-state index contributed by atoms with van der Waals surface area (Å²) in [5, 5.41) is 0. The molecule has 0 radical (unpaired) electrons. The van der Waals surface area contributed by atoms with Gasteiger partial charge in [0.05, 0.1) is 0 Å². The van der Waals surface area contributed by atoms with Crippen molar-refractivity contribution < 1.29 is 20.8 Å². The Morgan fingerprint density at radius 3 is 1.45 bits per heavy atom. The molecule has 0 nitrogen and oxygen atoms in total. The van der Waals surface area contributed by atoms with E-state index in [1.807, 2.05) is 0 Å². The van der Waals surface area contributed by atoms with Crippen LogP contribution in [0.3, 0.4) is 0 Å². The topological polar surface area (TPSA) is 0 Å². The van der Waals surface area contributed by atoms with Gasteiger partial charge in [-0.15, -0.1) is 13.8 Å². The van der Waals surface area contributed by atoms with E-state index in [1.165, 1.54) is 33.4 Å². The van der Waals surface area contributed by atoms with Crippen molar-refractivity contribution >= 4 is 17.0 Å². The third kappa shape index (κ3) is 6.14. The molecule has 22 heavy (non-hydrogen) atoms. The fraction of sp³-hybridized carbons (Fsp3) is 0.579. The summed E-state index contributed by atoms with van der Waals surface area (Å²) in [4.78, 5) is 0. The zero-order valence-electron chi connectivity index (χ0n) is 15.3. The third-order valence-corrected chi connectivity index (χ3v) is 4.80. The number of hydrogen-bond donors (Lipinski definition) is 0. The SMILES string of the molecule is CC1=[C-]C(C)(C)C(C)=C1C.CC1=[C-]C(C)C(C)=C1C.[Cl][Zr+2][Cl]. The van der Waals surface area contributed by atoms with Crippen LogP contribution in [0.15, 0.2) is 33.4 Å². The average molecular weight is 419 g/mol. The Hall–Kier alpha value is 0.423. The molecule has 2 rings (SSSR count). The third-order valence-electron chi connectivity index (χ3n) is 4.80. The summed E-state index contributed by atoms with van der Waals surface area (Å²) in [6.07, 6.45) is 6.79. The van der Waals surface area contributed by atoms with E-state index < -0.39 is 20.8 Å². The first kappa shape index (κ1) is 22.4. The molecule has 3 heteroatoms. The van der Waals surface area contributed by atoms with Crippen LogP contribution in [0.2, 0.25) is 0 Å². The fourth-order valence-electron chi connectivity index (χ4n) is 2.57. The zero-order chi connectivity index (χ0) is 17.7. The standard InChI is InChI=1S/C10H15.C9H13.2ClH.Zr/c1-7-6-10(4,5)9(3)8(7)2;1-6-5-7(2)9(4)8(6)3;;;/h1-5H3;6H,1-4H3;2*1H;/q2*-1;;;+4/p-2. The Kier molecular flexibility index (Phi) is 9.84. The van der Waals surface area contributed by atoms with Gasteiger partial charge < -0.3 is 0 Å². The second-order valence-electron chi connectivity index (χ2n) is 6.50. The van der Waals surface area contributed by atoms with Crippen LogP contribution < -0.4 is 0 Å². The van der Waals surface area contributed by atoms with E-state index in [4.69, 9.17) is 17.0 Å². The van der Waals surface area contributed by atoms with E-state index in [0.29, 0.717) is 5.92 Å². The van der Waals surface area contributed by atoms with Crippen LogP contribution in [0.1, 0.15) is 62.3 Å². The van der Waals surface area contributed by atoms with Crippen molar-refractivity contribution in [1.29, 1.82) is 0 Å². The molecule has 0 fully saturated rings. The van der Waals surface area contributed by atoms with Crippen molar-refractivity contribution in [1.82, 2.24) is 0 Å². The van der Waals surface area contributed by atoms with Crippen molar-refractivity contribution in [3.63, 3.8) is 0 Å². The summed E-state index contributed by atoms with van der Waals surface area (Å²) in [7, 11) is 9.87. The number of allylic oxidation sites excluding steroid dienone is 8. The summed E-state index contributed by atoms with van der Waals surface area (Å²) in [5.74, 6) is 0.560.